The first-order valence-corrected chi connectivity index (χ1v) is 32.3. The summed E-state index contributed by atoms with van der Waals surface area (Å²) in [6.45, 7) is 4.21. The highest BCUT2D eigenvalue weighted by molar-refractivity contribution is 5.76. The van der Waals surface area contributed by atoms with Gasteiger partial charge in [0.2, 0.25) is 5.91 Å². The van der Waals surface area contributed by atoms with E-state index in [1.807, 2.05) is 0 Å². The molecular weight excluding hydrogens is 871 g/mol. The third kappa shape index (κ3) is 56.1. The number of carbonyl (C=O) groups is 1. The molecule has 3 unspecified atom stereocenters. The number of rotatable bonds is 60. The molecule has 0 radical (unpaired) electrons. The van der Waals surface area contributed by atoms with E-state index in [0.29, 0.717) is 12.8 Å². The number of allylic oxidation sites excluding steroid dienone is 6. The fourth-order valence-electron chi connectivity index (χ4n) is 10.3. The lowest BCUT2D eigenvalue weighted by molar-refractivity contribution is -0.124. The van der Waals surface area contributed by atoms with Crippen LogP contribution >= 0.6 is 0 Å². The van der Waals surface area contributed by atoms with Crippen LogP contribution in [0.2, 0.25) is 0 Å². The van der Waals surface area contributed by atoms with Crippen LogP contribution < -0.4 is 5.32 Å². The lowest BCUT2D eigenvalue weighted by Crippen LogP contribution is -2.50. The maximum absolute atomic E-state index is 12.5. The van der Waals surface area contributed by atoms with E-state index in [2.05, 4.69) is 55.6 Å². The predicted molar refractivity (Wildman–Crippen MR) is 314 cm³/mol. The molecule has 0 fully saturated rings. The van der Waals surface area contributed by atoms with Gasteiger partial charge >= 0.3 is 0 Å². The topological polar surface area (TPSA) is 89.8 Å². The van der Waals surface area contributed by atoms with Gasteiger partial charge in [-0.1, -0.05) is 314 Å². The second kappa shape index (κ2) is 61.1. The Hall–Kier alpha value is -1.43. The average Bonchev–Trinajstić information content (AvgIpc) is 3.37. The maximum Gasteiger partial charge on any atom is 0.220 e. The maximum atomic E-state index is 12.5. The zero-order valence-electron chi connectivity index (χ0n) is 48.1. The normalized spacial score (nSPS) is 13.4. The summed E-state index contributed by atoms with van der Waals surface area (Å²) in [5.74, 6) is -0.149. The van der Waals surface area contributed by atoms with Crippen molar-refractivity contribution < 1.29 is 20.1 Å². The first kappa shape index (κ1) is 69.6. The Balaban J connectivity index is 3.48. The standard InChI is InChI=1S/C66H127NO4/c1-3-5-7-9-11-13-15-17-19-21-23-24-25-26-27-28-29-30-31-32-33-34-35-36-37-38-39-40-41-42-43-45-47-49-51-53-55-57-59-61-65(70)67-63(62-68)66(71)64(69)60-58-56-54-52-50-48-46-44-22-20-18-16-14-12-10-8-6-4-2/h29-30,32-33,52,54,63-64,66,68-69,71H,3-28,31,34-51,53,55-62H2,1-2H3,(H,67,70)/b30-29-,33-32-,54-52+. The number of amides is 1. The summed E-state index contributed by atoms with van der Waals surface area (Å²) in [5, 5.41) is 33.8. The predicted octanol–water partition coefficient (Wildman–Crippen LogP) is 20.6. The molecule has 5 nitrogen and oxygen atoms in total. The molecule has 0 aliphatic carbocycles. The number of nitrogens with one attached hydrogen (secondary N) is 1. The number of aliphatic hydroxyl groups is 3. The molecule has 0 aromatic rings. The van der Waals surface area contributed by atoms with E-state index in [1.165, 1.54) is 283 Å². The van der Waals surface area contributed by atoms with Crippen LogP contribution in [0.1, 0.15) is 354 Å². The van der Waals surface area contributed by atoms with Gasteiger partial charge in [0.15, 0.2) is 0 Å². The van der Waals surface area contributed by atoms with Crippen molar-refractivity contribution in [3.05, 3.63) is 36.5 Å². The van der Waals surface area contributed by atoms with Gasteiger partial charge in [0.25, 0.3) is 0 Å². The van der Waals surface area contributed by atoms with Gasteiger partial charge in [0, 0.05) is 6.42 Å². The third-order valence-corrected chi connectivity index (χ3v) is 15.2. The van der Waals surface area contributed by atoms with Crippen LogP contribution in [0.15, 0.2) is 36.5 Å². The van der Waals surface area contributed by atoms with Crippen molar-refractivity contribution in [2.45, 2.75) is 372 Å². The summed E-state index contributed by atoms with van der Waals surface area (Å²) in [7, 11) is 0. The Labute approximate surface area is 444 Å². The highest BCUT2D eigenvalue weighted by Gasteiger charge is 2.26. The second-order valence-electron chi connectivity index (χ2n) is 22.3. The molecule has 0 rings (SSSR count). The van der Waals surface area contributed by atoms with Crippen molar-refractivity contribution >= 4 is 5.91 Å². The fraction of sp³-hybridized carbons (Fsp3) is 0.894. The molecule has 0 aromatic heterocycles. The lowest BCUT2D eigenvalue weighted by atomic mass is 10.0. The smallest absolute Gasteiger partial charge is 0.220 e. The second-order valence-corrected chi connectivity index (χ2v) is 22.3. The van der Waals surface area contributed by atoms with Crippen LogP contribution in [0.4, 0.5) is 0 Å². The number of aliphatic hydroxyl groups excluding tert-OH is 3. The van der Waals surface area contributed by atoms with Crippen LogP contribution in [0.3, 0.4) is 0 Å². The Bertz CT molecular complexity index is 1100. The molecule has 0 saturated heterocycles. The molecule has 0 aromatic carbocycles. The molecule has 71 heavy (non-hydrogen) atoms. The van der Waals surface area contributed by atoms with Crippen LogP contribution in [-0.4, -0.2) is 46.1 Å². The van der Waals surface area contributed by atoms with Gasteiger partial charge in [0.05, 0.1) is 18.8 Å². The summed E-state index contributed by atoms with van der Waals surface area (Å²) in [4.78, 5) is 12.5. The van der Waals surface area contributed by atoms with Crippen molar-refractivity contribution in [1.82, 2.24) is 5.32 Å². The van der Waals surface area contributed by atoms with Gasteiger partial charge in [-0.25, -0.2) is 0 Å². The van der Waals surface area contributed by atoms with Crippen LogP contribution in [0, 0.1) is 0 Å². The average molecular weight is 999 g/mol. The highest BCUT2D eigenvalue weighted by Crippen LogP contribution is 2.18. The molecular formula is C66H127NO4. The van der Waals surface area contributed by atoms with Crippen molar-refractivity contribution in [1.29, 1.82) is 0 Å². The molecule has 0 saturated carbocycles. The van der Waals surface area contributed by atoms with E-state index < -0.39 is 18.2 Å². The number of unbranched alkanes of at least 4 members (excludes halogenated alkanes) is 46. The summed E-state index contributed by atoms with van der Waals surface area (Å²) in [6, 6.07) is -0.826. The molecule has 0 aliphatic heterocycles. The van der Waals surface area contributed by atoms with Crippen molar-refractivity contribution in [2.75, 3.05) is 6.61 Å². The van der Waals surface area contributed by atoms with Gasteiger partial charge in [-0.15, -0.1) is 0 Å². The monoisotopic (exact) mass is 998 g/mol. The van der Waals surface area contributed by atoms with Gasteiger partial charge in [-0.05, 0) is 70.6 Å². The molecule has 0 heterocycles. The van der Waals surface area contributed by atoms with Gasteiger partial charge in [-0.2, -0.15) is 0 Å². The molecule has 5 heteroatoms. The number of carbonyl (C=O) groups excluding carboxylic acids is 1. The van der Waals surface area contributed by atoms with Gasteiger partial charge < -0.3 is 20.6 Å². The highest BCUT2D eigenvalue weighted by atomic mass is 16.3. The SMILES string of the molecule is CCCCCCCCCCCCCCC/C=C/CCCC(O)C(O)C(CO)NC(=O)CCCCCCCCCCCCCCCCCCC/C=C\C/C=C\CCCCCCCCCCCCCCCCC. The van der Waals surface area contributed by atoms with E-state index in [1.54, 1.807) is 0 Å². The lowest BCUT2D eigenvalue weighted by Gasteiger charge is -2.26. The van der Waals surface area contributed by atoms with Crippen molar-refractivity contribution in [3.63, 3.8) is 0 Å². The van der Waals surface area contributed by atoms with E-state index in [-0.39, 0.29) is 12.5 Å². The van der Waals surface area contributed by atoms with Crippen LogP contribution in [0.25, 0.3) is 0 Å². The summed E-state index contributed by atoms with van der Waals surface area (Å²) in [6.07, 6.45) is 80.6. The van der Waals surface area contributed by atoms with E-state index in [9.17, 15) is 20.1 Å². The fourth-order valence-corrected chi connectivity index (χ4v) is 10.3. The minimum Gasteiger partial charge on any atom is -0.394 e. The summed E-state index contributed by atoms with van der Waals surface area (Å²) in [5.41, 5.74) is 0. The largest absolute Gasteiger partial charge is 0.394 e. The summed E-state index contributed by atoms with van der Waals surface area (Å²) >= 11 is 0. The molecule has 0 bridgehead atoms. The molecule has 3 atom stereocenters. The van der Waals surface area contributed by atoms with Gasteiger partial charge in [-0.3, -0.25) is 4.79 Å². The van der Waals surface area contributed by atoms with E-state index >= 15 is 0 Å². The van der Waals surface area contributed by atoms with Crippen molar-refractivity contribution in [3.8, 4) is 0 Å². The third-order valence-electron chi connectivity index (χ3n) is 15.2. The van der Waals surface area contributed by atoms with E-state index in [0.717, 1.165) is 44.9 Å². The Morgan fingerprint density at radius 3 is 0.901 bits per heavy atom. The summed E-state index contributed by atoms with van der Waals surface area (Å²) < 4.78 is 0. The van der Waals surface area contributed by atoms with Gasteiger partial charge in [0.1, 0.15) is 6.10 Å². The first-order chi connectivity index (χ1) is 35.1. The minimum absolute atomic E-state index is 0.149. The molecule has 420 valence electrons. The van der Waals surface area contributed by atoms with Crippen molar-refractivity contribution in [2.24, 2.45) is 0 Å². The Morgan fingerprint density at radius 2 is 0.606 bits per heavy atom. The number of hydrogen-bond acceptors (Lipinski definition) is 4. The van der Waals surface area contributed by atoms with Crippen LogP contribution in [0.5, 0.6) is 0 Å². The van der Waals surface area contributed by atoms with Crippen LogP contribution in [-0.2, 0) is 4.79 Å². The zero-order chi connectivity index (χ0) is 51.4. The molecule has 1 amide bonds. The molecule has 0 aliphatic rings. The number of hydrogen-bond donors (Lipinski definition) is 4. The molecule has 4 N–H and O–H groups in total. The Morgan fingerprint density at radius 1 is 0.352 bits per heavy atom. The van der Waals surface area contributed by atoms with E-state index in [4.69, 9.17) is 0 Å². The Kier molecular flexibility index (Phi) is 59.9. The quantitative estimate of drug-likeness (QED) is 0.0361. The minimum atomic E-state index is -1.16. The first-order valence-electron chi connectivity index (χ1n) is 32.3. The zero-order valence-corrected chi connectivity index (χ0v) is 48.1. The molecule has 0 spiro atoms.